The Morgan fingerprint density at radius 1 is 0.682 bits per heavy atom. The Hall–Kier alpha value is -4.40. The zero-order valence-corrected chi connectivity index (χ0v) is 27.0. The predicted molar refractivity (Wildman–Crippen MR) is 177 cm³/mol. The molecule has 1 saturated heterocycles. The van der Waals surface area contributed by atoms with Crippen molar-refractivity contribution in [2.24, 2.45) is 14.1 Å². The van der Waals surface area contributed by atoms with Gasteiger partial charge in [0, 0.05) is 66.1 Å². The number of nitrogens with two attached hydrogens (primary N) is 2. The van der Waals surface area contributed by atoms with Crippen LogP contribution >= 0.6 is 15.9 Å². The third kappa shape index (κ3) is 7.04. The largest absolute Gasteiger partial charge is 0.498 e. The average molecular weight is 657 g/mol. The van der Waals surface area contributed by atoms with Crippen LogP contribution in [0.1, 0.15) is 27.7 Å². The highest BCUT2D eigenvalue weighted by Gasteiger charge is 2.52. The van der Waals surface area contributed by atoms with Crippen LogP contribution in [0.25, 0.3) is 33.2 Å². The fraction of sp³-hybridized carbons (Fsp3) is 0.267. The number of hydrogen-bond donors (Lipinski definition) is 2. The molecule has 14 heteroatoms. The topological polar surface area (TPSA) is 158 Å². The van der Waals surface area contributed by atoms with E-state index in [4.69, 9.17) is 20.8 Å². The van der Waals surface area contributed by atoms with Gasteiger partial charge in [-0.2, -0.15) is 10.2 Å². The Morgan fingerprint density at radius 2 is 1.23 bits per heavy atom. The van der Waals surface area contributed by atoms with Gasteiger partial charge >= 0.3 is 7.12 Å². The first-order chi connectivity index (χ1) is 20.8. The van der Waals surface area contributed by atoms with Crippen LogP contribution in [0.3, 0.4) is 0 Å². The van der Waals surface area contributed by atoms with Crippen molar-refractivity contribution in [3.63, 3.8) is 0 Å². The van der Waals surface area contributed by atoms with Crippen LogP contribution in [0.15, 0.2) is 78.1 Å². The van der Waals surface area contributed by atoms with Gasteiger partial charge in [0.2, 0.25) is 0 Å². The molecule has 0 spiro atoms. The lowest BCUT2D eigenvalue weighted by molar-refractivity contribution is 0.00578. The van der Waals surface area contributed by atoms with Gasteiger partial charge < -0.3 is 20.8 Å². The summed E-state index contributed by atoms with van der Waals surface area (Å²) in [5, 5.41) is 8.25. The van der Waals surface area contributed by atoms with Crippen molar-refractivity contribution in [3.05, 3.63) is 78.1 Å². The number of rotatable bonds is 2. The molecule has 0 atom stereocenters. The van der Waals surface area contributed by atoms with Gasteiger partial charge in [-0.15, -0.1) is 0 Å². The van der Waals surface area contributed by atoms with Crippen molar-refractivity contribution in [1.82, 2.24) is 39.5 Å². The first-order valence-corrected chi connectivity index (χ1v) is 14.6. The van der Waals surface area contributed by atoms with Crippen molar-refractivity contribution in [2.45, 2.75) is 38.9 Å². The van der Waals surface area contributed by atoms with E-state index in [1.54, 1.807) is 40.1 Å². The zero-order chi connectivity index (χ0) is 31.6. The summed E-state index contributed by atoms with van der Waals surface area (Å²) >= 11 is 3.31. The van der Waals surface area contributed by atoms with Gasteiger partial charge in [0.15, 0.2) is 0 Å². The number of fused-ring (bicyclic) bond motifs is 2. The standard InChI is InChI=1S/C12H11N5.C10H17BN2O2.C8H6BrN3/c1-17-7-9(6-15-17)8-4-11-10(14-5-8)2-3-12(13)16-11;1-9(2)10(3,4)15-11(14-9)8-6-12-13(5)7-8;9-5-3-7-6(11-4-5)1-2-8(10)12-7/h2-7H,1H3,(H2,13,16);6-7H,1-5H3;1-4H,(H2,10,12). The van der Waals surface area contributed by atoms with E-state index in [2.05, 4.69) is 46.1 Å². The summed E-state index contributed by atoms with van der Waals surface area (Å²) in [5.74, 6) is 1.02. The lowest BCUT2D eigenvalue weighted by Crippen LogP contribution is -2.41. The smallest absolute Gasteiger partial charge is 0.399 e. The van der Waals surface area contributed by atoms with Crippen LogP contribution in [0.5, 0.6) is 0 Å². The molecule has 12 nitrogen and oxygen atoms in total. The van der Waals surface area contributed by atoms with Crippen LogP contribution in [-0.4, -0.2) is 57.8 Å². The van der Waals surface area contributed by atoms with Gasteiger partial charge in [0.1, 0.15) is 11.6 Å². The fourth-order valence-corrected chi connectivity index (χ4v) is 4.61. The molecule has 0 saturated carbocycles. The Kier molecular flexibility index (Phi) is 8.68. The molecular formula is C30H34BBrN10O2. The minimum absolute atomic E-state index is 0.284. The maximum Gasteiger partial charge on any atom is 0.498 e. The first-order valence-electron chi connectivity index (χ1n) is 13.8. The first kappa shape index (κ1) is 31.0. The van der Waals surface area contributed by atoms with Crippen molar-refractivity contribution in [3.8, 4) is 11.1 Å². The molecule has 0 unspecified atom stereocenters. The molecule has 4 N–H and O–H groups in total. The SMILES string of the molecule is Cn1cc(-c2cnc3ccc(N)nc3c2)cn1.Cn1cc(B2OC(C)(C)C(C)(C)O2)cn1.Nc1ccc2ncc(Br)cc2n1. The minimum atomic E-state index is -0.302. The molecule has 0 radical (unpaired) electrons. The van der Waals surface area contributed by atoms with Crippen LogP contribution in [0, 0.1) is 0 Å². The highest BCUT2D eigenvalue weighted by atomic mass is 79.9. The minimum Gasteiger partial charge on any atom is -0.399 e. The summed E-state index contributed by atoms with van der Waals surface area (Å²) in [5.41, 5.74) is 16.9. The van der Waals surface area contributed by atoms with Gasteiger partial charge in [0.25, 0.3) is 0 Å². The third-order valence-corrected chi connectivity index (χ3v) is 7.81. The molecule has 6 aromatic heterocycles. The van der Waals surface area contributed by atoms with E-state index >= 15 is 0 Å². The molecule has 1 fully saturated rings. The number of nitrogen functional groups attached to an aromatic ring is 2. The van der Waals surface area contributed by atoms with Gasteiger partial charge in [-0.25, -0.2) is 9.97 Å². The fourth-order valence-electron chi connectivity index (χ4n) is 4.29. The van der Waals surface area contributed by atoms with Crippen LogP contribution in [-0.2, 0) is 23.4 Å². The molecule has 0 aromatic carbocycles. The summed E-state index contributed by atoms with van der Waals surface area (Å²) in [7, 11) is 3.46. The van der Waals surface area contributed by atoms with E-state index in [0.717, 1.165) is 43.1 Å². The van der Waals surface area contributed by atoms with Crippen LogP contribution in [0.4, 0.5) is 11.6 Å². The molecule has 226 valence electrons. The second kappa shape index (κ2) is 12.3. The summed E-state index contributed by atoms with van der Waals surface area (Å²) in [4.78, 5) is 16.9. The number of anilines is 2. The summed E-state index contributed by atoms with van der Waals surface area (Å²) in [6.07, 6.45) is 11.0. The lowest BCUT2D eigenvalue weighted by Gasteiger charge is -2.32. The summed E-state index contributed by atoms with van der Waals surface area (Å²) in [6.45, 7) is 8.18. The molecule has 0 aliphatic carbocycles. The number of aryl methyl sites for hydroxylation is 2. The molecule has 0 amide bonds. The third-order valence-electron chi connectivity index (χ3n) is 7.37. The van der Waals surface area contributed by atoms with Gasteiger partial charge in [-0.05, 0) is 80.0 Å². The van der Waals surface area contributed by atoms with E-state index in [1.165, 1.54) is 0 Å². The van der Waals surface area contributed by atoms with Crippen molar-refractivity contribution >= 4 is 62.2 Å². The molecule has 7 rings (SSSR count). The van der Waals surface area contributed by atoms with E-state index in [0.29, 0.717) is 11.6 Å². The predicted octanol–water partition coefficient (Wildman–Crippen LogP) is 4.31. The monoisotopic (exact) mass is 656 g/mol. The normalized spacial score (nSPS) is 15.0. The summed E-state index contributed by atoms with van der Waals surface area (Å²) < 4.78 is 16.2. The second-order valence-corrected chi connectivity index (χ2v) is 12.3. The van der Waals surface area contributed by atoms with E-state index < -0.39 is 0 Å². The van der Waals surface area contributed by atoms with Gasteiger partial charge in [-0.1, -0.05) is 0 Å². The Bertz CT molecular complexity index is 1870. The Balaban J connectivity index is 0.000000133. The van der Waals surface area contributed by atoms with Crippen LogP contribution < -0.4 is 16.9 Å². The average Bonchev–Trinajstić information content (AvgIpc) is 3.65. The van der Waals surface area contributed by atoms with E-state index in [-0.39, 0.29) is 18.3 Å². The number of halogens is 1. The lowest BCUT2D eigenvalue weighted by atomic mass is 9.82. The molecule has 6 aromatic rings. The molecule has 0 bridgehead atoms. The van der Waals surface area contributed by atoms with Crippen molar-refractivity contribution < 1.29 is 9.31 Å². The Morgan fingerprint density at radius 3 is 1.77 bits per heavy atom. The van der Waals surface area contributed by atoms with E-state index in [1.807, 2.05) is 84.6 Å². The van der Waals surface area contributed by atoms with Crippen LogP contribution in [0.2, 0.25) is 0 Å². The quantitative estimate of drug-likeness (QED) is 0.257. The second-order valence-electron chi connectivity index (χ2n) is 11.4. The molecule has 44 heavy (non-hydrogen) atoms. The van der Waals surface area contributed by atoms with Gasteiger partial charge in [-0.3, -0.25) is 19.3 Å². The Labute approximate surface area is 264 Å². The number of pyridine rings is 4. The molecule has 1 aliphatic rings. The summed E-state index contributed by atoms with van der Waals surface area (Å²) in [6, 6.07) is 11.1. The van der Waals surface area contributed by atoms with E-state index in [9.17, 15) is 0 Å². The number of nitrogens with zero attached hydrogens (tertiary/aromatic N) is 8. The maximum atomic E-state index is 5.89. The number of hydrogen-bond acceptors (Lipinski definition) is 10. The van der Waals surface area contributed by atoms with Crippen molar-refractivity contribution in [1.29, 1.82) is 0 Å². The zero-order valence-electron chi connectivity index (χ0n) is 25.4. The highest BCUT2D eigenvalue weighted by Crippen LogP contribution is 2.36. The maximum absolute atomic E-state index is 5.89. The van der Waals surface area contributed by atoms with Crippen molar-refractivity contribution in [2.75, 3.05) is 11.5 Å². The molecule has 1 aliphatic heterocycles. The number of aromatic nitrogens is 8. The highest BCUT2D eigenvalue weighted by molar-refractivity contribution is 9.10. The molecule has 7 heterocycles. The van der Waals surface area contributed by atoms with Gasteiger partial charge in [0.05, 0.1) is 39.5 Å². The molecular weight excluding hydrogens is 623 g/mol.